The average molecular weight is 515 g/mol. The van der Waals surface area contributed by atoms with Gasteiger partial charge in [-0.1, -0.05) is 36.4 Å². The van der Waals surface area contributed by atoms with Gasteiger partial charge in [0.2, 0.25) is 0 Å². The Kier molecular flexibility index (Phi) is 5.71. The van der Waals surface area contributed by atoms with Crippen molar-refractivity contribution in [1.29, 1.82) is 0 Å². The lowest BCUT2D eigenvalue weighted by molar-refractivity contribution is -0.136. The van der Waals surface area contributed by atoms with Gasteiger partial charge in [0.25, 0.3) is 5.92 Å². The van der Waals surface area contributed by atoms with Crippen LogP contribution in [0.15, 0.2) is 72.9 Å². The van der Waals surface area contributed by atoms with Gasteiger partial charge in [-0.2, -0.15) is 5.10 Å². The molecule has 38 heavy (non-hydrogen) atoms. The highest BCUT2D eigenvalue weighted by Crippen LogP contribution is 2.46. The lowest BCUT2D eigenvalue weighted by Gasteiger charge is -2.35. The minimum atomic E-state index is -2.69. The van der Waals surface area contributed by atoms with Gasteiger partial charge in [0.1, 0.15) is 23.9 Å². The lowest BCUT2D eigenvalue weighted by atomic mass is 9.88. The van der Waals surface area contributed by atoms with Gasteiger partial charge in [0.15, 0.2) is 0 Å². The first-order chi connectivity index (χ1) is 18.3. The predicted octanol–water partition coefficient (Wildman–Crippen LogP) is 6.01. The number of aliphatic carboxylic acids is 1. The van der Waals surface area contributed by atoms with Crippen molar-refractivity contribution in [3.8, 4) is 16.9 Å². The van der Waals surface area contributed by atoms with Crippen LogP contribution in [0.2, 0.25) is 0 Å². The summed E-state index contributed by atoms with van der Waals surface area (Å²) >= 11 is 0. The summed E-state index contributed by atoms with van der Waals surface area (Å²) in [5.41, 5.74) is 9.82. The Morgan fingerprint density at radius 3 is 2.55 bits per heavy atom. The fourth-order valence-electron chi connectivity index (χ4n) is 5.04. The van der Waals surface area contributed by atoms with Crippen LogP contribution in [0.5, 0.6) is 5.75 Å². The van der Waals surface area contributed by atoms with Crippen LogP contribution in [-0.4, -0.2) is 31.8 Å². The van der Waals surface area contributed by atoms with Crippen LogP contribution in [0, 0.1) is 0 Å². The van der Waals surface area contributed by atoms with E-state index in [1.165, 1.54) is 0 Å². The summed E-state index contributed by atoms with van der Waals surface area (Å²) in [6.45, 7) is 0.0568. The van der Waals surface area contributed by atoms with Crippen LogP contribution in [-0.2, 0) is 17.8 Å². The SMILES string of the molecule is Nc1nccc2ccc(-c3ccc4c(c3)c(COc3ccccc3CC(=O)O)nn4C3CC(F)(F)C3)cc12. The Balaban J connectivity index is 1.40. The second kappa shape index (κ2) is 9.09. The number of carboxylic acid groups (broad SMARTS) is 1. The van der Waals surface area contributed by atoms with Gasteiger partial charge in [-0.25, -0.2) is 13.8 Å². The molecule has 9 heteroatoms. The maximum Gasteiger partial charge on any atom is 0.307 e. The summed E-state index contributed by atoms with van der Waals surface area (Å²) < 4.78 is 35.1. The molecular weight excluding hydrogens is 490 g/mol. The van der Waals surface area contributed by atoms with Crippen molar-refractivity contribution in [1.82, 2.24) is 14.8 Å². The molecule has 5 aromatic rings. The van der Waals surface area contributed by atoms with Gasteiger partial charge in [0, 0.05) is 35.4 Å². The van der Waals surface area contributed by atoms with E-state index in [4.69, 9.17) is 15.6 Å². The molecule has 2 aromatic heterocycles. The van der Waals surface area contributed by atoms with E-state index in [0.717, 1.165) is 32.8 Å². The molecule has 0 aliphatic heterocycles. The second-order valence-electron chi connectivity index (χ2n) is 9.64. The number of nitrogens with two attached hydrogens (primary N) is 1. The van der Waals surface area contributed by atoms with E-state index in [1.807, 2.05) is 42.5 Å². The third-order valence-electron chi connectivity index (χ3n) is 7.01. The summed E-state index contributed by atoms with van der Waals surface area (Å²) in [5.74, 6) is -2.76. The van der Waals surface area contributed by atoms with Gasteiger partial charge in [-0.05, 0) is 46.8 Å². The first-order valence-corrected chi connectivity index (χ1v) is 12.2. The molecule has 0 atom stereocenters. The number of hydrogen-bond acceptors (Lipinski definition) is 5. The fourth-order valence-corrected chi connectivity index (χ4v) is 5.04. The van der Waals surface area contributed by atoms with Crippen LogP contribution < -0.4 is 10.5 Å². The molecule has 6 rings (SSSR count). The summed E-state index contributed by atoms with van der Waals surface area (Å²) in [7, 11) is 0. The lowest BCUT2D eigenvalue weighted by Crippen LogP contribution is -2.37. The zero-order valence-electron chi connectivity index (χ0n) is 20.3. The molecule has 3 N–H and O–H groups in total. The van der Waals surface area contributed by atoms with Crippen molar-refractivity contribution in [2.75, 3.05) is 5.73 Å². The van der Waals surface area contributed by atoms with E-state index in [0.29, 0.717) is 22.8 Å². The molecule has 0 radical (unpaired) electrons. The number of ether oxygens (including phenoxy) is 1. The van der Waals surface area contributed by atoms with Crippen LogP contribution in [0.4, 0.5) is 14.6 Å². The van der Waals surface area contributed by atoms with Crippen LogP contribution >= 0.6 is 0 Å². The molecule has 3 aromatic carbocycles. The number of carbonyl (C=O) groups is 1. The number of nitrogen functional groups attached to an aromatic ring is 1. The van der Waals surface area contributed by atoms with E-state index >= 15 is 0 Å². The Morgan fingerprint density at radius 2 is 1.79 bits per heavy atom. The molecule has 0 unspecified atom stereocenters. The first kappa shape index (κ1) is 23.8. The van der Waals surface area contributed by atoms with Gasteiger partial charge in [-0.3, -0.25) is 9.48 Å². The number of halogens is 2. The smallest absolute Gasteiger partial charge is 0.307 e. The van der Waals surface area contributed by atoms with Crippen LogP contribution in [0.1, 0.15) is 30.1 Å². The number of benzene rings is 3. The largest absolute Gasteiger partial charge is 0.487 e. The Morgan fingerprint density at radius 1 is 1.05 bits per heavy atom. The molecule has 1 saturated carbocycles. The van der Waals surface area contributed by atoms with Crippen LogP contribution in [0.3, 0.4) is 0 Å². The molecule has 2 heterocycles. The highest BCUT2D eigenvalue weighted by Gasteiger charge is 2.47. The Bertz CT molecular complexity index is 1690. The topological polar surface area (TPSA) is 103 Å². The second-order valence-corrected chi connectivity index (χ2v) is 9.64. The van der Waals surface area contributed by atoms with E-state index in [-0.39, 0.29) is 25.9 Å². The van der Waals surface area contributed by atoms with E-state index in [2.05, 4.69) is 4.98 Å². The Labute approximate surface area is 216 Å². The number of rotatable bonds is 7. The zero-order chi connectivity index (χ0) is 26.4. The van der Waals surface area contributed by atoms with Crippen molar-refractivity contribution in [3.63, 3.8) is 0 Å². The standard InChI is InChI=1S/C29H24F2N4O3/c30-29(31)14-21(15-29)35-25-8-7-19(18-6-5-17-9-10-33-28(32)22(17)11-18)12-23(25)24(34-35)16-38-26-4-2-1-3-20(26)13-27(36)37/h1-12,21H,13-16H2,(H2,32,33)(H,36,37). The number of para-hydroxylation sites is 1. The molecule has 0 amide bonds. The number of alkyl halides is 2. The molecule has 0 bridgehead atoms. The van der Waals surface area contributed by atoms with Gasteiger partial charge < -0.3 is 15.6 Å². The Hall–Kier alpha value is -4.53. The maximum absolute atomic E-state index is 13.7. The first-order valence-electron chi connectivity index (χ1n) is 12.2. The van der Waals surface area contributed by atoms with Crippen molar-refractivity contribution >= 4 is 33.5 Å². The minimum absolute atomic E-state index is 0.0568. The number of carboxylic acids is 1. The van der Waals surface area contributed by atoms with Crippen LogP contribution in [0.25, 0.3) is 32.8 Å². The number of anilines is 1. The van der Waals surface area contributed by atoms with Gasteiger partial charge in [0.05, 0.1) is 18.0 Å². The van der Waals surface area contributed by atoms with Gasteiger partial charge >= 0.3 is 5.97 Å². The van der Waals surface area contributed by atoms with Crippen molar-refractivity contribution in [2.24, 2.45) is 0 Å². The average Bonchev–Trinajstić information content (AvgIpc) is 3.24. The van der Waals surface area contributed by atoms with E-state index < -0.39 is 17.9 Å². The predicted molar refractivity (Wildman–Crippen MR) is 140 cm³/mol. The third-order valence-corrected chi connectivity index (χ3v) is 7.01. The summed E-state index contributed by atoms with van der Waals surface area (Å²) in [4.78, 5) is 15.5. The number of fused-ring (bicyclic) bond motifs is 2. The molecular formula is C29H24F2N4O3. The maximum atomic E-state index is 13.7. The summed E-state index contributed by atoms with van der Waals surface area (Å²) in [6.07, 6.45) is 0.976. The summed E-state index contributed by atoms with van der Waals surface area (Å²) in [5, 5.41) is 16.5. The quantitative estimate of drug-likeness (QED) is 0.276. The molecule has 192 valence electrons. The fraction of sp³-hybridized carbons (Fsp3) is 0.207. The zero-order valence-corrected chi connectivity index (χ0v) is 20.3. The third kappa shape index (κ3) is 4.40. The molecule has 1 aliphatic carbocycles. The molecule has 1 aliphatic rings. The number of aromatic nitrogens is 3. The normalized spacial score (nSPS) is 15.0. The number of hydrogen-bond donors (Lipinski definition) is 2. The van der Waals surface area contributed by atoms with Crippen molar-refractivity contribution in [2.45, 2.75) is 37.8 Å². The van der Waals surface area contributed by atoms with E-state index in [9.17, 15) is 18.7 Å². The molecule has 7 nitrogen and oxygen atoms in total. The van der Waals surface area contributed by atoms with Gasteiger partial charge in [-0.15, -0.1) is 0 Å². The van der Waals surface area contributed by atoms with E-state index in [1.54, 1.807) is 35.1 Å². The highest BCUT2D eigenvalue weighted by atomic mass is 19.3. The molecule has 0 spiro atoms. The minimum Gasteiger partial charge on any atom is -0.487 e. The number of pyridine rings is 1. The van der Waals surface area contributed by atoms with Crippen molar-refractivity contribution in [3.05, 3.63) is 84.2 Å². The molecule has 1 fully saturated rings. The highest BCUT2D eigenvalue weighted by molar-refractivity contribution is 5.95. The van der Waals surface area contributed by atoms with Crippen molar-refractivity contribution < 1.29 is 23.4 Å². The number of nitrogens with zero attached hydrogens (tertiary/aromatic N) is 3. The molecule has 0 saturated heterocycles. The summed E-state index contributed by atoms with van der Waals surface area (Å²) in [6, 6.07) is 20.2. The monoisotopic (exact) mass is 514 g/mol.